The zero-order valence-electron chi connectivity index (χ0n) is 5.93. The van der Waals surface area contributed by atoms with E-state index >= 15 is 0 Å². The van der Waals surface area contributed by atoms with Crippen LogP contribution >= 0.6 is 12.4 Å². The van der Waals surface area contributed by atoms with Gasteiger partial charge in [-0.05, 0) is 19.9 Å². The van der Waals surface area contributed by atoms with Gasteiger partial charge in [0.05, 0.1) is 5.60 Å². The minimum Gasteiger partial charge on any atom is -0.387 e. The summed E-state index contributed by atoms with van der Waals surface area (Å²) in [5, 5.41) is 12.1. The van der Waals surface area contributed by atoms with Crippen LogP contribution in [-0.2, 0) is 0 Å². The molecule has 2 unspecified atom stereocenters. The van der Waals surface area contributed by atoms with Crippen molar-refractivity contribution in [2.75, 3.05) is 13.1 Å². The van der Waals surface area contributed by atoms with Crippen molar-refractivity contribution in [2.24, 2.45) is 0 Å². The molecule has 1 heterocycles. The summed E-state index contributed by atoms with van der Waals surface area (Å²) in [7, 11) is 0. The van der Waals surface area contributed by atoms with Crippen molar-refractivity contribution in [3.63, 3.8) is 0 Å². The molecule has 1 rings (SSSR count). The first-order valence-electron chi connectivity index (χ1n) is 3.20. The molecule has 0 aromatic carbocycles. The predicted octanol–water partition coefficient (Wildman–Crippen LogP) is 0.491. The second-order valence-electron chi connectivity index (χ2n) is 2.78. The Balaban J connectivity index is 0.000000810. The van der Waals surface area contributed by atoms with Crippen molar-refractivity contribution in [3.05, 3.63) is 0 Å². The average molecular weight is 170 g/mol. The van der Waals surface area contributed by atoms with Crippen LogP contribution in [0, 0.1) is 0 Å². The van der Waals surface area contributed by atoms with Crippen molar-refractivity contribution in [1.29, 1.82) is 0 Å². The molecule has 2 nitrogen and oxygen atoms in total. The Hall–Kier alpha value is 0.140. The normalized spacial score (nSPS) is 40.5. The maximum Gasteiger partial charge on any atom is 0.141 e. The highest BCUT2D eigenvalue weighted by molar-refractivity contribution is 5.85. The number of halogens is 2. The third-order valence-corrected chi connectivity index (χ3v) is 1.81. The fraction of sp³-hybridized carbons (Fsp3) is 1.00. The second-order valence-corrected chi connectivity index (χ2v) is 2.78. The lowest BCUT2D eigenvalue weighted by Crippen LogP contribution is -2.49. The van der Waals surface area contributed by atoms with Gasteiger partial charge in [0.1, 0.15) is 6.17 Å². The highest BCUT2D eigenvalue weighted by atomic mass is 35.5. The van der Waals surface area contributed by atoms with E-state index in [0.717, 1.165) is 0 Å². The van der Waals surface area contributed by atoms with Gasteiger partial charge in [-0.15, -0.1) is 12.4 Å². The first kappa shape index (κ1) is 10.1. The zero-order valence-corrected chi connectivity index (χ0v) is 6.75. The van der Waals surface area contributed by atoms with Gasteiger partial charge in [0.25, 0.3) is 0 Å². The first-order valence-corrected chi connectivity index (χ1v) is 3.20. The van der Waals surface area contributed by atoms with Crippen molar-refractivity contribution < 1.29 is 9.50 Å². The molecule has 1 aliphatic rings. The molecule has 10 heavy (non-hydrogen) atoms. The summed E-state index contributed by atoms with van der Waals surface area (Å²) in [6.07, 6.45) is -0.597. The highest BCUT2D eigenvalue weighted by Crippen LogP contribution is 2.19. The van der Waals surface area contributed by atoms with Gasteiger partial charge in [-0.3, -0.25) is 0 Å². The van der Waals surface area contributed by atoms with Gasteiger partial charge >= 0.3 is 0 Å². The highest BCUT2D eigenvalue weighted by Gasteiger charge is 2.34. The molecule has 0 bridgehead atoms. The molecule has 0 amide bonds. The van der Waals surface area contributed by atoms with Gasteiger partial charge in [0.2, 0.25) is 0 Å². The van der Waals surface area contributed by atoms with Crippen LogP contribution in [0.25, 0.3) is 0 Å². The van der Waals surface area contributed by atoms with Crippen LogP contribution < -0.4 is 5.32 Å². The summed E-state index contributed by atoms with van der Waals surface area (Å²) in [5.41, 5.74) is -1.09. The molecular formula is C6H13ClFNO. The monoisotopic (exact) mass is 169 g/mol. The van der Waals surface area contributed by atoms with Crippen molar-refractivity contribution >= 4 is 12.4 Å². The molecule has 0 radical (unpaired) electrons. The number of aliphatic hydroxyl groups is 1. The number of hydrogen-bond donors (Lipinski definition) is 2. The van der Waals surface area contributed by atoms with Crippen LogP contribution in [-0.4, -0.2) is 30.0 Å². The topological polar surface area (TPSA) is 32.3 Å². The number of hydrogen-bond acceptors (Lipinski definition) is 2. The molecular weight excluding hydrogens is 157 g/mol. The fourth-order valence-corrected chi connectivity index (χ4v) is 0.947. The summed E-state index contributed by atoms with van der Waals surface area (Å²) in [4.78, 5) is 0. The van der Waals surface area contributed by atoms with E-state index in [9.17, 15) is 9.50 Å². The number of piperidine rings is 1. The van der Waals surface area contributed by atoms with Gasteiger partial charge in [0.15, 0.2) is 0 Å². The van der Waals surface area contributed by atoms with E-state index in [1.165, 1.54) is 0 Å². The Morgan fingerprint density at radius 2 is 2.30 bits per heavy atom. The van der Waals surface area contributed by atoms with Crippen LogP contribution in [0.2, 0.25) is 0 Å². The lowest BCUT2D eigenvalue weighted by molar-refractivity contribution is -0.0394. The van der Waals surface area contributed by atoms with Crippen molar-refractivity contribution in [3.8, 4) is 0 Å². The molecule has 0 spiro atoms. The minimum absolute atomic E-state index is 0. The number of nitrogens with one attached hydrogen (secondary N) is 1. The fourth-order valence-electron chi connectivity index (χ4n) is 0.947. The Morgan fingerprint density at radius 3 is 2.60 bits per heavy atom. The molecule has 1 fully saturated rings. The Morgan fingerprint density at radius 1 is 1.70 bits per heavy atom. The lowest BCUT2D eigenvalue weighted by atomic mass is 9.93. The van der Waals surface area contributed by atoms with Crippen molar-refractivity contribution in [2.45, 2.75) is 25.1 Å². The average Bonchev–Trinajstić information content (AvgIpc) is 1.77. The van der Waals surface area contributed by atoms with Crippen LogP contribution in [0.5, 0.6) is 0 Å². The molecule has 4 heteroatoms. The Labute approximate surface area is 66.2 Å². The maximum atomic E-state index is 12.6. The summed E-state index contributed by atoms with van der Waals surface area (Å²) in [6, 6.07) is 0. The largest absolute Gasteiger partial charge is 0.387 e. The van der Waals surface area contributed by atoms with Crippen LogP contribution in [0.1, 0.15) is 13.3 Å². The van der Waals surface area contributed by atoms with E-state index in [1.54, 1.807) is 6.92 Å². The smallest absolute Gasteiger partial charge is 0.141 e. The van der Waals surface area contributed by atoms with Gasteiger partial charge < -0.3 is 10.4 Å². The molecule has 62 valence electrons. The summed E-state index contributed by atoms with van der Waals surface area (Å²) >= 11 is 0. The van der Waals surface area contributed by atoms with Gasteiger partial charge in [0, 0.05) is 6.54 Å². The summed E-state index contributed by atoms with van der Waals surface area (Å²) in [6.45, 7) is 2.54. The van der Waals surface area contributed by atoms with Gasteiger partial charge in [-0.25, -0.2) is 4.39 Å². The maximum absolute atomic E-state index is 12.6. The molecule has 1 saturated heterocycles. The van der Waals surface area contributed by atoms with E-state index in [0.29, 0.717) is 13.0 Å². The van der Waals surface area contributed by atoms with E-state index < -0.39 is 11.8 Å². The third kappa shape index (κ3) is 2.08. The van der Waals surface area contributed by atoms with E-state index in [1.807, 2.05) is 0 Å². The van der Waals surface area contributed by atoms with Crippen LogP contribution in [0.4, 0.5) is 4.39 Å². The molecule has 0 saturated carbocycles. The van der Waals surface area contributed by atoms with Crippen LogP contribution in [0.15, 0.2) is 0 Å². The molecule has 0 aliphatic carbocycles. The van der Waals surface area contributed by atoms with Gasteiger partial charge in [-0.1, -0.05) is 0 Å². The number of rotatable bonds is 0. The van der Waals surface area contributed by atoms with E-state index in [2.05, 4.69) is 5.32 Å². The third-order valence-electron chi connectivity index (χ3n) is 1.81. The van der Waals surface area contributed by atoms with E-state index in [4.69, 9.17) is 0 Å². The molecule has 0 aromatic heterocycles. The lowest BCUT2D eigenvalue weighted by Gasteiger charge is -2.31. The molecule has 2 N–H and O–H groups in total. The molecule has 2 atom stereocenters. The summed E-state index contributed by atoms with van der Waals surface area (Å²) in [5.74, 6) is 0. The second kappa shape index (κ2) is 3.51. The van der Waals surface area contributed by atoms with Gasteiger partial charge in [-0.2, -0.15) is 0 Å². The van der Waals surface area contributed by atoms with Crippen molar-refractivity contribution in [1.82, 2.24) is 5.32 Å². The Kier molecular flexibility index (Phi) is 3.56. The van der Waals surface area contributed by atoms with Crippen LogP contribution in [0.3, 0.4) is 0 Å². The molecule has 0 aromatic rings. The number of alkyl halides is 1. The molecule has 1 aliphatic heterocycles. The quantitative estimate of drug-likeness (QED) is 0.553. The standard InChI is InChI=1S/C6H12FNO.ClH/c1-6(9)2-3-8-4-5(6)7;/h5,8-9H,2-4H2,1H3;1H. The zero-order chi connectivity index (χ0) is 6.91. The van der Waals surface area contributed by atoms with E-state index in [-0.39, 0.29) is 19.0 Å². The summed E-state index contributed by atoms with van der Waals surface area (Å²) < 4.78 is 12.6. The first-order chi connectivity index (χ1) is 4.13. The SMILES string of the molecule is CC1(O)CCNCC1F.Cl. The predicted molar refractivity (Wildman–Crippen MR) is 40.3 cm³/mol. The Bertz CT molecular complexity index is 110. The minimum atomic E-state index is -1.11.